The number of rotatable bonds is 4. The van der Waals surface area contributed by atoms with Gasteiger partial charge in [0.1, 0.15) is 3.70 Å². The summed E-state index contributed by atoms with van der Waals surface area (Å²) in [5.41, 5.74) is -0.0853. The third kappa shape index (κ3) is 4.02. The van der Waals surface area contributed by atoms with Crippen molar-refractivity contribution in [2.24, 2.45) is 0 Å². The van der Waals surface area contributed by atoms with E-state index in [0.29, 0.717) is 0 Å². The SMILES string of the molecule is CCOC(=O)Cc1cc(C(F)F)c(Cl)c(I)n1. The van der Waals surface area contributed by atoms with Gasteiger partial charge < -0.3 is 4.74 Å². The fraction of sp³-hybridized carbons (Fsp3) is 0.400. The molecule has 3 nitrogen and oxygen atoms in total. The molecule has 0 saturated heterocycles. The van der Waals surface area contributed by atoms with Gasteiger partial charge in [-0.3, -0.25) is 4.79 Å². The molecule has 17 heavy (non-hydrogen) atoms. The molecular weight excluding hydrogens is 366 g/mol. The monoisotopic (exact) mass is 375 g/mol. The Bertz CT molecular complexity index is 429. The number of pyridine rings is 1. The molecule has 0 fully saturated rings. The van der Waals surface area contributed by atoms with Crippen LogP contribution in [0.25, 0.3) is 0 Å². The second-order valence-electron chi connectivity index (χ2n) is 3.09. The highest BCUT2D eigenvalue weighted by atomic mass is 127. The van der Waals surface area contributed by atoms with E-state index in [1.807, 2.05) is 0 Å². The van der Waals surface area contributed by atoms with Crippen LogP contribution >= 0.6 is 34.2 Å². The molecule has 1 aromatic heterocycles. The number of halogens is 4. The first kappa shape index (κ1) is 14.6. The first-order valence-electron chi connectivity index (χ1n) is 4.74. The van der Waals surface area contributed by atoms with Gasteiger partial charge in [-0.1, -0.05) is 11.6 Å². The molecule has 0 N–H and O–H groups in total. The first-order chi connectivity index (χ1) is 7.95. The predicted octanol–water partition coefficient (Wildman–Crippen LogP) is 3.38. The molecular formula is C10H9ClF2INO2. The van der Waals surface area contributed by atoms with E-state index in [2.05, 4.69) is 4.98 Å². The lowest BCUT2D eigenvalue weighted by Crippen LogP contribution is -2.10. The molecule has 0 atom stereocenters. The minimum Gasteiger partial charge on any atom is -0.466 e. The third-order valence-corrected chi connectivity index (χ3v) is 3.36. The van der Waals surface area contributed by atoms with E-state index in [0.717, 1.165) is 6.07 Å². The van der Waals surface area contributed by atoms with E-state index in [-0.39, 0.29) is 33.0 Å². The van der Waals surface area contributed by atoms with Crippen molar-refractivity contribution in [3.8, 4) is 0 Å². The molecule has 0 aliphatic heterocycles. The number of alkyl halides is 2. The third-order valence-electron chi connectivity index (χ3n) is 1.86. The first-order valence-corrected chi connectivity index (χ1v) is 6.20. The number of ether oxygens (including phenoxy) is 1. The van der Waals surface area contributed by atoms with Gasteiger partial charge in [0.05, 0.1) is 23.7 Å². The second kappa shape index (κ2) is 6.44. The van der Waals surface area contributed by atoms with Crippen LogP contribution in [-0.4, -0.2) is 17.6 Å². The van der Waals surface area contributed by atoms with Crippen molar-refractivity contribution in [1.82, 2.24) is 4.98 Å². The molecule has 0 aliphatic carbocycles. The largest absolute Gasteiger partial charge is 0.466 e. The van der Waals surface area contributed by atoms with Gasteiger partial charge in [0.15, 0.2) is 0 Å². The molecule has 0 amide bonds. The minimum atomic E-state index is -2.69. The van der Waals surface area contributed by atoms with Crippen molar-refractivity contribution in [1.29, 1.82) is 0 Å². The quantitative estimate of drug-likeness (QED) is 0.460. The van der Waals surface area contributed by atoms with Crippen LogP contribution in [0.1, 0.15) is 24.6 Å². The van der Waals surface area contributed by atoms with Crippen molar-refractivity contribution in [3.05, 3.63) is 26.0 Å². The molecule has 0 saturated carbocycles. The van der Waals surface area contributed by atoms with Crippen LogP contribution in [0, 0.1) is 3.70 Å². The number of nitrogens with zero attached hydrogens (tertiary/aromatic N) is 1. The fourth-order valence-electron chi connectivity index (χ4n) is 1.18. The van der Waals surface area contributed by atoms with E-state index in [4.69, 9.17) is 16.3 Å². The molecule has 7 heteroatoms. The van der Waals surface area contributed by atoms with Crippen LogP contribution in [0.15, 0.2) is 6.07 Å². The average molecular weight is 376 g/mol. The summed E-state index contributed by atoms with van der Waals surface area (Å²) < 4.78 is 30.2. The Morgan fingerprint density at radius 2 is 2.29 bits per heavy atom. The minimum absolute atomic E-state index is 0.0757. The van der Waals surface area contributed by atoms with E-state index >= 15 is 0 Å². The molecule has 0 aliphatic rings. The molecule has 0 aromatic carbocycles. The van der Waals surface area contributed by atoms with Crippen LogP contribution in [0.3, 0.4) is 0 Å². The van der Waals surface area contributed by atoms with E-state index in [9.17, 15) is 13.6 Å². The highest BCUT2D eigenvalue weighted by Crippen LogP contribution is 2.30. The van der Waals surface area contributed by atoms with Gasteiger partial charge in [-0.15, -0.1) is 0 Å². The molecule has 1 aromatic rings. The second-order valence-corrected chi connectivity index (χ2v) is 4.49. The maximum atomic E-state index is 12.6. The Balaban J connectivity index is 2.98. The zero-order chi connectivity index (χ0) is 13.0. The van der Waals surface area contributed by atoms with Crippen molar-refractivity contribution >= 4 is 40.2 Å². The predicted molar refractivity (Wildman–Crippen MR) is 67.3 cm³/mol. The van der Waals surface area contributed by atoms with E-state index in [1.165, 1.54) is 0 Å². The van der Waals surface area contributed by atoms with Crippen molar-refractivity contribution in [2.75, 3.05) is 6.61 Å². The van der Waals surface area contributed by atoms with Gasteiger partial charge in [-0.2, -0.15) is 0 Å². The Morgan fingerprint density at radius 3 is 2.82 bits per heavy atom. The van der Waals surface area contributed by atoms with Crippen molar-refractivity contribution < 1.29 is 18.3 Å². The summed E-state index contributed by atoms with van der Waals surface area (Å²) in [5.74, 6) is -0.502. The summed E-state index contributed by atoms with van der Waals surface area (Å²) in [7, 11) is 0. The van der Waals surface area contributed by atoms with Crippen LogP contribution in [-0.2, 0) is 16.0 Å². The summed E-state index contributed by atoms with van der Waals surface area (Å²) in [4.78, 5) is 15.2. The zero-order valence-electron chi connectivity index (χ0n) is 8.84. The zero-order valence-corrected chi connectivity index (χ0v) is 11.8. The van der Waals surface area contributed by atoms with Gasteiger partial charge in [0, 0.05) is 5.56 Å². The maximum Gasteiger partial charge on any atom is 0.311 e. The molecule has 94 valence electrons. The summed E-state index contributed by atoms with van der Waals surface area (Å²) in [6.07, 6.45) is -2.83. The van der Waals surface area contributed by atoms with E-state index < -0.39 is 12.4 Å². The topological polar surface area (TPSA) is 39.2 Å². The highest BCUT2D eigenvalue weighted by molar-refractivity contribution is 14.1. The number of aromatic nitrogens is 1. The van der Waals surface area contributed by atoms with Crippen LogP contribution in [0.4, 0.5) is 8.78 Å². The van der Waals surface area contributed by atoms with E-state index in [1.54, 1.807) is 29.5 Å². The molecule has 1 heterocycles. The normalized spacial score (nSPS) is 10.7. The molecule has 0 spiro atoms. The van der Waals surface area contributed by atoms with Crippen LogP contribution in [0.2, 0.25) is 5.02 Å². The van der Waals surface area contributed by atoms with Gasteiger partial charge in [-0.05, 0) is 35.6 Å². The lowest BCUT2D eigenvalue weighted by atomic mass is 10.2. The molecule has 1 rings (SSSR count). The molecule has 0 unspecified atom stereocenters. The smallest absolute Gasteiger partial charge is 0.311 e. The Labute approximate surface area is 116 Å². The van der Waals surface area contributed by atoms with Crippen LogP contribution in [0.5, 0.6) is 0 Å². The standard InChI is InChI=1S/C10H9ClF2INO2/c1-2-17-7(16)4-5-3-6(9(12)13)8(11)10(14)15-5/h3,9H,2,4H2,1H3. The number of esters is 1. The summed E-state index contributed by atoms with van der Waals surface area (Å²) in [5, 5.41) is -0.0757. The summed E-state index contributed by atoms with van der Waals surface area (Å²) >= 11 is 7.44. The number of carbonyl (C=O) groups excluding carboxylic acids is 1. The Morgan fingerprint density at radius 1 is 1.65 bits per heavy atom. The van der Waals surface area contributed by atoms with Gasteiger partial charge in [0.2, 0.25) is 0 Å². The lowest BCUT2D eigenvalue weighted by Gasteiger charge is -2.08. The molecule has 0 radical (unpaired) electrons. The average Bonchev–Trinajstić information content (AvgIpc) is 2.23. The highest BCUT2D eigenvalue weighted by Gasteiger charge is 2.18. The Hall–Kier alpha value is -0.500. The van der Waals surface area contributed by atoms with Crippen LogP contribution < -0.4 is 0 Å². The number of carbonyl (C=O) groups is 1. The fourth-order valence-corrected chi connectivity index (χ4v) is 1.98. The molecule has 0 bridgehead atoms. The van der Waals surface area contributed by atoms with Crippen molar-refractivity contribution in [3.63, 3.8) is 0 Å². The summed E-state index contributed by atoms with van der Waals surface area (Å²) in [6, 6.07) is 1.13. The van der Waals surface area contributed by atoms with Gasteiger partial charge >= 0.3 is 5.97 Å². The van der Waals surface area contributed by atoms with Gasteiger partial charge in [0.25, 0.3) is 6.43 Å². The Kier molecular flexibility index (Phi) is 5.51. The van der Waals surface area contributed by atoms with Gasteiger partial charge in [-0.25, -0.2) is 13.8 Å². The van der Waals surface area contributed by atoms with Crippen molar-refractivity contribution in [2.45, 2.75) is 19.8 Å². The number of hydrogen-bond acceptors (Lipinski definition) is 3. The lowest BCUT2D eigenvalue weighted by molar-refractivity contribution is -0.142. The maximum absolute atomic E-state index is 12.6. The number of hydrogen-bond donors (Lipinski definition) is 0. The summed E-state index contributed by atoms with van der Waals surface area (Å²) in [6.45, 7) is 1.91.